The van der Waals surface area contributed by atoms with Gasteiger partial charge in [0.05, 0.1) is 24.4 Å². The summed E-state index contributed by atoms with van der Waals surface area (Å²) >= 11 is 0. The Labute approximate surface area is 212 Å². The SMILES string of the molecule is CCC12CCCN(/C=C/C(=O)OC)CCc3c(n(c4ccccc34)C(C)(O)C1)C2OC(C)C.O=C=O. The fourth-order valence-corrected chi connectivity index (χ4v) is 6.08. The van der Waals surface area contributed by atoms with Gasteiger partial charge in [-0.05, 0) is 58.1 Å². The number of hydrogen-bond donors (Lipinski definition) is 1. The Kier molecular flexibility index (Phi) is 8.77. The number of esters is 1. The first kappa shape index (κ1) is 27.7. The van der Waals surface area contributed by atoms with Gasteiger partial charge in [-0.25, -0.2) is 4.79 Å². The molecule has 2 aliphatic rings. The van der Waals surface area contributed by atoms with E-state index in [2.05, 4.69) is 48.4 Å². The summed E-state index contributed by atoms with van der Waals surface area (Å²) in [6, 6.07) is 8.38. The van der Waals surface area contributed by atoms with E-state index in [1.165, 1.54) is 24.1 Å². The van der Waals surface area contributed by atoms with Gasteiger partial charge in [-0.15, -0.1) is 0 Å². The Balaban J connectivity index is 0.00000115. The molecule has 1 aromatic heterocycles. The van der Waals surface area contributed by atoms with Crippen LogP contribution in [0, 0.1) is 5.41 Å². The number of methoxy groups -OCH3 is 1. The number of aromatic nitrogens is 1. The molecule has 3 unspecified atom stereocenters. The summed E-state index contributed by atoms with van der Waals surface area (Å²) < 4.78 is 13.7. The lowest BCUT2D eigenvalue weighted by Crippen LogP contribution is -2.49. The second-order valence-corrected chi connectivity index (χ2v) is 10.2. The number of benzene rings is 1. The number of rotatable bonds is 5. The molecule has 8 nitrogen and oxygen atoms in total. The van der Waals surface area contributed by atoms with Crippen molar-refractivity contribution < 1.29 is 29.0 Å². The number of carbonyl (C=O) groups excluding carboxylic acids is 3. The van der Waals surface area contributed by atoms with Gasteiger partial charge in [0, 0.05) is 42.6 Å². The second kappa shape index (κ2) is 11.4. The van der Waals surface area contributed by atoms with Crippen molar-refractivity contribution in [3.05, 3.63) is 47.8 Å². The number of carbonyl (C=O) groups is 1. The summed E-state index contributed by atoms with van der Waals surface area (Å²) in [5.41, 5.74) is 2.28. The van der Waals surface area contributed by atoms with Crippen LogP contribution in [0.5, 0.6) is 0 Å². The molecule has 1 N–H and O–H groups in total. The summed E-state index contributed by atoms with van der Waals surface area (Å²) in [7, 11) is 1.40. The first-order chi connectivity index (χ1) is 17.1. The molecular formula is C28H38N2O6. The van der Waals surface area contributed by atoms with Gasteiger partial charge >= 0.3 is 12.1 Å². The number of aliphatic hydroxyl groups is 1. The van der Waals surface area contributed by atoms with Crippen LogP contribution in [0.1, 0.15) is 70.7 Å². The second-order valence-electron chi connectivity index (χ2n) is 10.2. The van der Waals surface area contributed by atoms with E-state index in [9.17, 15) is 9.90 Å². The quantitative estimate of drug-likeness (QED) is 0.484. The molecular weight excluding hydrogens is 460 g/mol. The Morgan fingerprint density at radius 1 is 1.28 bits per heavy atom. The van der Waals surface area contributed by atoms with Crippen molar-refractivity contribution in [1.82, 2.24) is 9.47 Å². The number of hydrogen-bond acceptors (Lipinski definition) is 7. The standard InChI is InChI=1S/C27H38N2O4.CO2/c1-6-27-14-9-15-28(17-13-23(30)32-5)16-12-21-20-10-7-8-11-22(20)29(26(4,31)18-27)24(21)25(27)33-19(2)3;2-1-3/h7-8,10-11,13,17,19,25,31H,6,9,12,14-16,18H2,1-5H3;/b17-13+;. The van der Waals surface area contributed by atoms with Crippen molar-refractivity contribution in [2.75, 3.05) is 20.2 Å². The zero-order valence-electron chi connectivity index (χ0n) is 22.0. The lowest BCUT2D eigenvalue weighted by molar-refractivity contribution is -0.191. The molecule has 0 saturated heterocycles. The highest BCUT2D eigenvalue weighted by molar-refractivity contribution is 5.86. The minimum atomic E-state index is -0.982. The highest BCUT2D eigenvalue weighted by atomic mass is 16.5. The first-order valence-electron chi connectivity index (χ1n) is 12.6. The van der Waals surface area contributed by atoms with Crippen molar-refractivity contribution in [2.24, 2.45) is 5.41 Å². The van der Waals surface area contributed by atoms with Crippen LogP contribution >= 0.6 is 0 Å². The van der Waals surface area contributed by atoms with E-state index in [1.54, 1.807) is 0 Å². The lowest BCUT2D eigenvalue weighted by Gasteiger charge is -2.51. The van der Waals surface area contributed by atoms with Crippen molar-refractivity contribution in [2.45, 2.75) is 77.7 Å². The van der Waals surface area contributed by atoms with Crippen molar-refractivity contribution in [3.63, 3.8) is 0 Å². The van der Waals surface area contributed by atoms with Crippen LogP contribution in [-0.4, -0.2) is 53.0 Å². The van der Waals surface area contributed by atoms with Crippen LogP contribution in [0.2, 0.25) is 0 Å². The van der Waals surface area contributed by atoms with Gasteiger partial charge in [-0.2, -0.15) is 9.59 Å². The van der Waals surface area contributed by atoms with Gasteiger partial charge in [-0.1, -0.05) is 25.1 Å². The van der Waals surface area contributed by atoms with Crippen LogP contribution in [0.3, 0.4) is 0 Å². The van der Waals surface area contributed by atoms with E-state index in [1.807, 2.05) is 19.2 Å². The number of para-hydroxylation sites is 1. The Morgan fingerprint density at radius 3 is 2.61 bits per heavy atom. The number of ether oxygens (including phenoxy) is 2. The third-order valence-electron chi connectivity index (χ3n) is 7.50. The monoisotopic (exact) mass is 498 g/mol. The molecule has 0 fully saturated rings. The van der Waals surface area contributed by atoms with Crippen LogP contribution in [0.25, 0.3) is 10.9 Å². The molecule has 0 radical (unpaired) electrons. The van der Waals surface area contributed by atoms with Crippen LogP contribution in [0.4, 0.5) is 0 Å². The van der Waals surface area contributed by atoms with Gasteiger partial charge in [-0.3, -0.25) is 0 Å². The van der Waals surface area contributed by atoms with Gasteiger partial charge < -0.3 is 24.0 Å². The maximum absolute atomic E-state index is 11.8. The fourth-order valence-electron chi connectivity index (χ4n) is 6.08. The summed E-state index contributed by atoms with van der Waals surface area (Å²) in [4.78, 5) is 30.2. The zero-order valence-corrected chi connectivity index (χ0v) is 22.0. The number of nitrogens with zero attached hydrogens (tertiary/aromatic N) is 2. The van der Waals surface area contributed by atoms with E-state index >= 15 is 0 Å². The minimum Gasteiger partial charge on any atom is -0.466 e. The Morgan fingerprint density at radius 2 is 1.97 bits per heavy atom. The first-order valence-corrected chi connectivity index (χ1v) is 12.6. The van der Waals surface area contributed by atoms with E-state index in [0.29, 0.717) is 6.42 Å². The summed E-state index contributed by atoms with van der Waals surface area (Å²) in [6.45, 7) is 10.0. The normalized spacial score (nSPS) is 25.9. The topological polar surface area (TPSA) is 98.1 Å². The van der Waals surface area contributed by atoms with Gasteiger partial charge in [0.2, 0.25) is 0 Å². The van der Waals surface area contributed by atoms with E-state index in [4.69, 9.17) is 19.1 Å². The lowest BCUT2D eigenvalue weighted by atomic mass is 9.66. The van der Waals surface area contributed by atoms with Crippen molar-refractivity contribution >= 4 is 23.0 Å². The average molecular weight is 499 g/mol. The maximum atomic E-state index is 11.8. The van der Waals surface area contributed by atoms with Gasteiger partial charge in [0.25, 0.3) is 0 Å². The highest BCUT2D eigenvalue weighted by Gasteiger charge is 2.52. The summed E-state index contributed by atoms with van der Waals surface area (Å²) in [5, 5.41) is 13.0. The molecule has 196 valence electrons. The molecule has 36 heavy (non-hydrogen) atoms. The van der Waals surface area contributed by atoms with Crippen molar-refractivity contribution in [3.8, 4) is 0 Å². The highest BCUT2D eigenvalue weighted by Crippen LogP contribution is 2.57. The average Bonchev–Trinajstić information content (AvgIpc) is 3.18. The third kappa shape index (κ3) is 5.41. The predicted molar refractivity (Wildman–Crippen MR) is 135 cm³/mol. The zero-order chi connectivity index (χ0) is 26.5. The summed E-state index contributed by atoms with van der Waals surface area (Å²) in [5.74, 6) is -0.338. The molecule has 4 rings (SSSR count). The van der Waals surface area contributed by atoms with E-state index in [-0.39, 0.29) is 29.7 Å². The summed E-state index contributed by atoms with van der Waals surface area (Å²) in [6.07, 6.45) is 7.93. The maximum Gasteiger partial charge on any atom is 0.373 e. The molecule has 8 heteroatoms. The Hall–Kier alpha value is -2.93. The molecule has 0 spiro atoms. The molecule has 1 aromatic carbocycles. The van der Waals surface area contributed by atoms with Gasteiger partial charge in [0.15, 0.2) is 0 Å². The molecule has 0 saturated carbocycles. The van der Waals surface area contributed by atoms with E-state index in [0.717, 1.165) is 50.0 Å². The molecule has 2 aliphatic heterocycles. The minimum absolute atomic E-state index is 0.0673. The van der Waals surface area contributed by atoms with Gasteiger partial charge in [0.1, 0.15) is 11.8 Å². The van der Waals surface area contributed by atoms with Crippen LogP contribution in [-0.2, 0) is 36.0 Å². The van der Waals surface area contributed by atoms with Crippen LogP contribution in [0.15, 0.2) is 36.5 Å². The smallest absolute Gasteiger partial charge is 0.373 e. The largest absolute Gasteiger partial charge is 0.466 e. The molecule has 0 amide bonds. The predicted octanol–water partition coefficient (Wildman–Crippen LogP) is 4.31. The molecule has 0 aliphatic carbocycles. The molecule has 3 atom stereocenters. The molecule has 2 bridgehead atoms. The van der Waals surface area contributed by atoms with Crippen molar-refractivity contribution in [1.29, 1.82) is 0 Å². The molecule has 3 heterocycles. The number of fused-ring (bicyclic) bond motifs is 4. The van der Waals surface area contributed by atoms with E-state index < -0.39 is 5.72 Å². The van der Waals surface area contributed by atoms with Crippen LogP contribution < -0.4 is 0 Å². The third-order valence-corrected chi connectivity index (χ3v) is 7.50. The molecule has 2 aromatic rings. The Bertz CT molecular complexity index is 1130. The fraction of sp³-hybridized carbons (Fsp3) is 0.571.